The molecule has 70 heavy (non-hydrogen) atoms. The number of hydrogen-bond donors (Lipinski definition) is 3. The second-order valence-corrected chi connectivity index (χ2v) is 16.3. The zero-order valence-electron chi connectivity index (χ0n) is 39.3. The first kappa shape index (κ1) is 47.7. The fraction of sp³-hybridized carbons (Fsp3) is 0.319. The zero-order valence-corrected chi connectivity index (χ0v) is 39.3. The van der Waals surface area contributed by atoms with Gasteiger partial charge in [0, 0.05) is 83.1 Å². The van der Waals surface area contributed by atoms with Crippen LogP contribution >= 0.6 is 0 Å². The number of fused-ring (bicyclic) bond motifs is 4. The first-order valence-corrected chi connectivity index (χ1v) is 22.4. The van der Waals surface area contributed by atoms with E-state index in [1.54, 1.807) is 29.4 Å². The zero-order chi connectivity index (χ0) is 50.0. The van der Waals surface area contributed by atoms with Crippen molar-refractivity contribution in [1.29, 1.82) is 0 Å². The van der Waals surface area contributed by atoms with Gasteiger partial charge in [0.1, 0.15) is 45.1 Å². The number of hydrogen-bond acceptors (Lipinski definition) is 15. The molecule has 8 rings (SSSR count). The molecule has 23 heteroatoms. The Kier molecular flexibility index (Phi) is 13.5. The molecule has 7 heterocycles. The van der Waals surface area contributed by atoms with Gasteiger partial charge in [-0.1, -0.05) is 19.1 Å². The van der Waals surface area contributed by atoms with Gasteiger partial charge < -0.3 is 39.4 Å². The molecule has 0 aliphatic carbocycles. The third-order valence-corrected chi connectivity index (χ3v) is 11.6. The Bertz CT molecular complexity index is 3300. The molecule has 6 amide bonds. The van der Waals surface area contributed by atoms with Gasteiger partial charge in [0.25, 0.3) is 23.6 Å². The highest BCUT2D eigenvalue weighted by atomic mass is 16.5. The van der Waals surface area contributed by atoms with Crippen LogP contribution < -0.4 is 26.3 Å². The van der Waals surface area contributed by atoms with E-state index in [0.29, 0.717) is 75.8 Å². The monoisotopic (exact) mass is 954 g/mol. The van der Waals surface area contributed by atoms with Gasteiger partial charge in [-0.2, -0.15) is 5.10 Å². The summed E-state index contributed by atoms with van der Waals surface area (Å²) in [7, 11) is 3.08. The number of primary amides is 2. The van der Waals surface area contributed by atoms with Crippen molar-refractivity contribution in [3.05, 3.63) is 89.1 Å². The Hall–Kier alpha value is -8.76. The van der Waals surface area contributed by atoms with Crippen LogP contribution in [-0.4, -0.2) is 123 Å². The number of imide groups is 1. The van der Waals surface area contributed by atoms with Crippen molar-refractivity contribution in [3.8, 4) is 23.0 Å². The van der Waals surface area contributed by atoms with E-state index in [9.17, 15) is 28.8 Å². The number of ether oxygens (including phenoxy) is 2. The molecule has 0 spiro atoms. The van der Waals surface area contributed by atoms with Crippen molar-refractivity contribution in [2.45, 2.75) is 66.6 Å². The molecular weight excluding hydrogens is 905 g/mol. The van der Waals surface area contributed by atoms with Crippen molar-refractivity contribution < 1.29 is 42.7 Å². The van der Waals surface area contributed by atoms with Crippen molar-refractivity contribution in [2.75, 3.05) is 39.2 Å². The number of carbonyl (C=O) groups excluding carboxylic acids is 6. The molecule has 0 unspecified atom stereocenters. The number of aryl methyl sites for hydroxylation is 4. The number of nitrogens with one attached hydrogen (secondary N) is 1. The lowest BCUT2D eigenvalue weighted by atomic mass is 10.1. The van der Waals surface area contributed by atoms with E-state index >= 15 is 0 Å². The minimum Gasteiger partial charge on any atom is -0.494 e. The highest BCUT2D eigenvalue weighted by Crippen LogP contribution is 2.35. The molecule has 7 aromatic rings. The smallest absolute Gasteiger partial charge is 0.295 e. The Morgan fingerprint density at radius 3 is 2.33 bits per heavy atom. The molecule has 0 atom stereocenters. The van der Waals surface area contributed by atoms with E-state index < -0.39 is 29.5 Å². The minimum absolute atomic E-state index is 0.00260. The van der Waals surface area contributed by atoms with Gasteiger partial charge in [0.15, 0.2) is 11.7 Å². The van der Waals surface area contributed by atoms with Gasteiger partial charge in [0.05, 0.1) is 36.0 Å². The fourth-order valence-electron chi connectivity index (χ4n) is 8.18. The molecule has 6 aromatic heterocycles. The van der Waals surface area contributed by atoms with Gasteiger partial charge >= 0.3 is 0 Å². The number of nitrogens with zero attached hydrogens (tertiary/aromatic N) is 11. The average molecular weight is 955 g/mol. The number of benzene rings is 1. The summed E-state index contributed by atoms with van der Waals surface area (Å²) in [6.07, 6.45) is 8.40. The molecule has 0 saturated carbocycles. The first-order chi connectivity index (χ1) is 33.6. The van der Waals surface area contributed by atoms with Crippen molar-refractivity contribution in [2.24, 2.45) is 11.5 Å². The Balaban J connectivity index is 1.13. The number of rotatable bonds is 20. The minimum atomic E-state index is -0.743. The molecule has 0 saturated heterocycles. The van der Waals surface area contributed by atoms with Crippen LogP contribution in [0.3, 0.4) is 0 Å². The molecule has 0 fully saturated rings. The maximum absolute atomic E-state index is 13.9. The average Bonchev–Trinajstić information content (AvgIpc) is 4.16. The highest BCUT2D eigenvalue weighted by molar-refractivity contribution is 6.13. The third kappa shape index (κ3) is 9.40. The van der Waals surface area contributed by atoms with Gasteiger partial charge in [0.2, 0.25) is 23.5 Å². The van der Waals surface area contributed by atoms with Crippen LogP contribution in [0.15, 0.2) is 59.2 Å². The third-order valence-electron chi connectivity index (χ3n) is 11.6. The van der Waals surface area contributed by atoms with Crippen molar-refractivity contribution in [1.82, 2.24) is 53.6 Å². The Morgan fingerprint density at radius 2 is 1.64 bits per heavy atom. The molecule has 1 aromatic carbocycles. The maximum Gasteiger partial charge on any atom is 0.295 e. The second-order valence-electron chi connectivity index (χ2n) is 16.3. The number of methoxy groups -OCH3 is 1. The van der Waals surface area contributed by atoms with E-state index in [1.165, 1.54) is 42.4 Å². The van der Waals surface area contributed by atoms with Gasteiger partial charge in [-0.3, -0.25) is 43.7 Å². The number of amides is 6. The summed E-state index contributed by atoms with van der Waals surface area (Å²) in [4.78, 5) is 102. The van der Waals surface area contributed by atoms with Gasteiger partial charge in [-0.15, -0.1) is 0 Å². The quantitative estimate of drug-likeness (QED) is 0.0558. The van der Waals surface area contributed by atoms with Crippen LogP contribution in [0.5, 0.6) is 11.5 Å². The molecular formula is C47H50N14O9. The molecule has 1 aliphatic heterocycles. The lowest BCUT2D eigenvalue weighted by Crippen LogP contribution is -2.36. The predicted molar refractivity (Wildman–Crippen MR) is 254 cm³/mol. The standard InChI is InChI=1S/C47H50N14O9/c1-7-29-41(70-26(4)51-29)46(67)55-47-53-30-21-27(42(48)65)22-34(69-19-11-15-57(5)35(62)14-18-58-36(63)12-13-37(58)64)39(30)60(47)17-10-9-16-59-40-33(68-6)23-31(43(49)66)52-38(40)28-24-50-44(54-45(28)59)32-20-25(3)56-61(32)8-2/h9-10,12-13,20-24H,7-8,11,14-19H2,1-6H3,(H2,48,65)(H2,49,66)(H,53,55,67)/b10-9+. The number of allylic oxidation sites excluding steroid dienone is 2. The summed E-state index contributed by atoms with van der Waals surface area (Å²) in [6.45, 7) is 8.52. The molecule has 0 bridgehead atoms. The Morgan fingerprint density at radius 1 is 0.900 bits per heavy atom. The van der Waals surface area contributed by atoms with E-state index in [-0.39, 0.29) is 79.3 Å². The maximum atomic E-state index is 13.9. The first-order valence-electron chi connectivity index (χ1n) is 22.4. The van der Waals surface area contributed by atoms with Crippen LogP contribution in [-0.2, 0) is 40.4 Å². The lowest BCUT2D eigenvalue weighted by molar-refractivity contribution is -0.138. The SMILES string of the molecule is CCc1nc(C)oc1C(=O)Nc1nc2cc(C(N)=O)cc(OCCCN(C)C(=O)CCN3C(=O)C=CC3=O)c2n1C/C=C/Cn1c2nc(-c3cc(C)nn3CC)ncc2c2nc(C(N)=O)cc(OC)c21. The number of imidazole rings is 1. The van der Waals surface area contributed by atoms with E-state index in [4.69, 9.17) is 35.3 Å². The number of aromatic nitrogens is 9. The van der Waals surface area contributed by atoms with Crippen LogP contribution in [0, 0.1) is 13.8 Å². The van der Waals surface area contributed by atoms with E-state index in [1.807, 2.05) is 43.6 Å². The molecule has 5 N–H and O–H groups in total. The van der Waals surface area contributed by atoms with Gasteiger partial charge in [-0.05, 0) is 44.9 Å². The largest absolute Gasteiger partial charge is 0.494 e. The molecule has 1 aliphatic rings. The summed E-state index contributed by atoms with van der Waals surface area (Å²) in [6, 6.07) is 6.35. The number of pyridine rings is 1. The topological polar surface area (TPSA) is 297 Å². The summed E-state index contributed by atoms with van der Waals surface area (Å²) in [5, 5.41) is 7.98. The van der Waals surface area contributed by atoms with Crippen LogP contribution in [0.25, 0.3) is 44.6 Å². The highest BCUT2D eigenvalue weighted by Gasteiger charge is 2.27. The Labute approximate surface area is 399 Å². The predicted octanol–water partition coefficient (Wildman–Crippen LogP) is 3.64. The van der Waals surface area contributed by atoms with E-state index in [2.05, 4.69) is 25.4 Å². The summed E-state index contributed by atoms with van der Waals surface area (Å²) >= 11 is 0. The second kappa shape index (κ2) is 19.8. The molecule has 362 valence electrons. The number of oxazole rings is 1. The number of nitrogens with two attached hydrogens (primary N) is 2. The lowest BCUT2D eigenvalue weighted by Gasteiger charge is -2.19. The molecule has 23 nitrogen and oxygen atoms in total. The van der Waals surface area contributed by atoms with Crippen molar-refractivity contribution >= 4 is 74.5 Å². The normalized spacial score (nSPS) is 12.6. The van der Waals surface area contributed by atoms with Crippen LogP contribution in [0.2, 0.25) is 0 Å². The molecule has 0 radical (unpaired) electrons. The van der Waals surface area contributed by atoms with E-state index in [0.717, 1.165) is 10.6 Å². The van der Waals surface area contributed by atoms with Gasteiger partial charge in [-0.25, -0.2) is 24.9 Å². The summed E-state index contributed by atoms with van der Waals surface area (Å²) < 4.78 is 23.2. The summed E-state index contributed by atoms with van der Waals surface area (Å²) in [5.41, 5.74) is 15.6. The summed E-state index contributed by atoms with van der Waals surface area (Å²) in [5.74, 6) is -1.90. The fourth-order valence-corrected chi connectivity index (χ4v) is 8.18. The van der Waals surface area contributed by atoms with Crippen molar-refractivity contribution in [3.63, 3.8) is 0 Å². The number of carbonyl (C=O) groups is 6. The van der Waals surface area contributed by atoms with Crippen LogP contribution in [0.4, 0.5) is 5.95 Å². The van der Waals surface area contributed by atoms with Crippen LogP contribution in [0.1, 0.15) is 75.4 Å². The number of anilines is 1.